The number of allylic oxidation sites excluding steroid dienone is 2. The molecule has 20 heavy (non-hydrogen) atoms. The third kappa shape index (κ3) is 2.35. The molecule has 110 valence electrons. The average molecular weight is 279 g/mol. The number of fused-ring (bicyclic) bond motifs is 2. The van der Waals surface area contributed by atoms with Crippen LogP contribution in [0.2, 0.25) is 0 Å². The predicted octanol–water partition coefficient (Wildman–Crippen LogP) is 0.929. The molecule has 4 unspecified atom stereocenters. The van der Waals surface area contributed by atoms with Crippen molar-refractivity contribution in [3.8, 4) is 0 Å². The van der Waals surface area contributed by atoms with Crippen LogP contribution in [0.1, 0.15) is 32.1 Å². The third-order valence-corrected chi connectivity index (χ3v) is 5.09. The standard InChI is InChI=1S/C15H21NO4/c17-11-5-3-10(4-6-11)16-14(18)12-8-1-2-9(7-8)13(12)15(19)20/h1-2,8-13,17H,3-7H2,(H,16,18)(H,19,20). The van der Waals surface area contributed by atoms with E-state index in [0.717, 1.165) is 19.3 Å². The van der Waals surface area contributed by atoms with E-state index in [-0.39, 0.29) is 29.9 Å². The Hall–Kier alpha value is -1.36. The van der Waals surface area contributed by atoms with Gasteiger partial charge in [0.15, 0.2) is 0 Å². The van der Waals surface area contributed by atoms with Gasteiger partial charge >= 0.3 is 5.97 Å². The van der Waals surface area contributed by atoms with Gasteiger partial charge in [-0.3, -0.25) is 9.59 Å². The Labute approximate surface area is 118 Å². The van der Waals surface area contributed by atoms with Gasteiger partial charge in [-0.2, -0.15) is 0 Å². The second-order valence-electron chi connectivity index (χ2n) is 6.35. The number of nitrogens with one attached hydrogen (secondary N) is 1. The number of rotatable bonds is 3. The van der Waals surface area contributed by atoms with E-state index >= 15 is 0 Å². The first-order valence-corrected chi connectivity index (χ1v) is 7.46. The average Bonchev–Trinajstić information content (AvgIpc) is 3.01. The molecular weight excluding hydrogens is 258 g/mol. The zero-order chi connectivity index (χ0) is 14.3. The zero-order valence-electron chi connectivity index (χ0n) is 11.4. The largest absolute Gasteiger partial charge is 0.481 e. The maximum absolute atomic E-state index is 12.4. The number of amides is 1. The van der Waals surface area contributed by atoms with Gasteiger partial charge in [0.25, 0.3) is 0 Å². The highest BCUT2D eigenvalue weighted by molar-refractivity contribution is 5.87. The van der Waals surface area contributed by atoms with E-state index in [1.807, 2.05) is 12.2 Å². The molecule has 3 rings (SSSR count). The molecule has 2 saturated carbocycles. The Morgan fingerprint density at radius 1 is 1.00 bits per heavy atom. The molecule has 4 atom stereocenters. The Morgan fingerprint density at radius 3 is 2.20 bits per heavy atom. The van der Waals surface area contributed by atoms with E-state index in [9.17, 15) is 19.8 Å². The molecule has 1 amide bonds. The lowest BCUT2D eigenvalue weighted by molar-refractivity contribution is -0.148. The van der Waals surface area contributed by atoms with Crippen LogP contribution in [-0.2, 0) is 9.59 Å². The molecular formula is C15H21NO4. The second-order valence-corrected chi connectivity index (χ2v) is 6.35. The maximum atomic E-state index is 12.4. The minimum atomic E-state index is -0.860. The van der Waals surface area contributed by atoms with Crippen molar-refractivity contribution >= 4 is 11.9 Å². The van der Waals surface area contributed by atoms with Gasteiger partial charge in [0, 0.05) is 6.04 Å². The van der Waals surface area contributed by atoms with Crippen LogP contribution in [0.4, 0.5) is 0 Å². The fourth-order valence-corrected chi connectivity index (χ4v) is 4.03. The van der Waals surface area contributed by atoms with Crippen LogP contribution in [-0.4, -0.2) is 34.2 Å². The molecule has 3 aliphatic carbocycles. The van der Waals surface area contributed by atoms with Crippen LogP contribution in [0.3, 0.4) is 0 Å². The van der Waals surface area contributed by atoms with Gasteiger partial charge in [0.05, 0.1) is 17.9 Å². The quantitative estimate of drug-likeness (QED) is 0.671. The molecule has 0 saturated heterocycles. The highest BCUT2D eigenvalue weighted by Gasteiger charge is 2.51. The van der Waals surface area contributed by atoms with Crippen molar-refractivity contribution in [1.82, 2.24) is 5.32 Å². The summed E-state index contributed by atoms with van der Waals surface area (Å²) < 4.78 is 0. The first kappa shape index (κ1) is 13.6. The highest BCUT2D eigenvalue weighted by Crippen LogP contribution is 2.48. The van der Waals surface area contributed by atoms with E-state index in [1.165, 1.54) is 0 Å². The molecule has 5 heteroatoms. The molecule has 3 N–H and O–H groups in total. The smallest absolute Gasteiger partial charge is 0.307 e. The molecule has 2 bridgehead atoms. The second kappa shape index (κ2) is 5.20. The molecule has 3 aliphatic rings. The molecule has 0 spiro atoms. The summed E-state index contributed by atoms with van der Waals surface area (Å²) >= 11 is 0. The van der Waals surface area contributed by atoms with E-state index in [4.69, 9.17) is 0 Å². The van der Waals surface area contributed by atoms with Gasteiger partial charge in [0.2, 0.25) is 5.91 Å². The van der Waals surface area contributed by atoms with Crippen molar-refractivity contribution < 1.29 is 19.8 Å². The van der Waals surface area contributed by atoms with Crippen LogP contribution >= 0.6 is 0 Å². The minimum absolute atomic E-state index is 0.0152. The number of aliphatic hydroxyl groups excluding tert-OH is 1. The molecule has 0 aromatic rings. The SMILES string of the molecule is O=C(O)C1C2C=CC(C2)C1C(=O)NC1CCC(O)CC1. The third-order valence-electron chi connectivity index (χ3n) is 5.09. The summed E-state index contributed by atoms with van der Waals surface area (Å²) in [4.78, 5) is 23.8. The molecule has 0 aliphatic heterocycles. The Morgan fingerprint density at radius 2 is 1.60 bits per heavy atom. The summed E-state index contributed by atoms with van der Waals surface area (Å²) in [5, 5.41) is 21.8. The van der Waals surface area contributed by atoms with Gasteiger partial charge in [-0.25, -0.2) is 0 Å². The summed E-state index contributed by atoms with van der Waals surface area (Å²) in [6.45, 7) is 0. The van der Waals surface area contributed by atoms with E-state index in [1.54, 1.807) is 0 Å². The van der Waals surface area contributed by atoms with Gasteiger partial charge in [-0.05, 0) is 43.9 Å². The number of carbonyl (C=O) groups excluding carboxylic acids is 1. The van der Waals surface area contributed by atoms with E-state index in [2.05, 4.69) is 5.32 Å². The van der Waals surface area contributed by atoms with Gasteiger partial charge in [-0.15, -0.1) is 0 Å². The van der Waals surface area contributed by atoms with Crippen molar-refractivity contribution in [2.75, 3.05) is 0 Å². The number of carboxylic acid groups (broad SMARTS) is 1. The van der Waals surface area contributed by atoms with Gasteiger partial charge in [0.1, 0.15) is 0 Å². The van der Waals surface area contributed by atoms with Crippen molar-refractivity contribution in [2.45, 2.75) is 44.2 Å². The molecule has 0 radical (unpaired) electrons. The molecule has 0 heterocycles. The number of hydrogen-bond donors (Lipinski definition) is 3. The topological polar surface area (TPSA) is 86.6 Å². The monoisotopic (exact) mass is 279 g/mol. The summed E-state index contributed by atoms with van der Waals surface area (Å²) in [6.07, 6.45) is 7.47. The summed E-state index contributed by atoms with van der Waals surface area (Å²) in [5.74, 6) is -1.87. The Bertz CT molecular complexity index is 439. The van der Waals surface area contributed by atoms with Crippen LogP contribution in [0.25, 0.3) is 0 Å². The van der Waals surface area contributed by atoms with E-state index in [0.29, 0.717) is 12.8 Å². The Balaban J connectivity index is 1.64. The maximum Gasteiger partial charge on any atom is 0.307 e. The summed E-state index contributed by atoms with van der Waals surface area (Å²) in [5.41, 5.74) is 0. The molecule has 0 aromatic heterocycles. The lowest BCUT2D eigenvalue weighted by atomic mass is 9.82. The number of aliphatic hydroxyl groups is 1. The fourth-order valence-electron chi connectivity index (χ4n) is 4.03. The number of aliphatic carboxylic acids is 1. The van der Waals surface area contributed by atoms with Crippen molar-refractivity contribution in [3.63, 3.8) is 0 Å². The normalized spacial score (nSPS) is 42.6. The van der Waals surface area contributed by atoms with Crippen LogP contribution in [0.15, 0.2) is 12.2 Å². The number of hydrogen-bond acceptors (Lipinski definition) is 3. The van der Waals surface area contributed by atoms with Crippen LogP contribution < -0.4 is 5.32 Å². The molecule has 2 fully saturated rings. The minimum Gasteiger partial charge on any atom is -0.481 e. The fraction of sp³-hybridized carbons (Fsp3) is 0.733. The van der Waals surface area contributed by atoms with Gasteiger partial charge in [-0.1, -0.05) is 12.2 Å². The Kier molecular flexibility index (Phi) is 3.54. The molecule has 5 nitrogen and oxygen atoms in total. The van der Waals surface area contributed by atoms with Crippen molar-refractivity contribution in [1.29, 1.82) is 0 Å². The number of carboxylic acids is 1. The predicted molar refractivity (Wildman–Crippen MR) is 71.8 cm³/mol. The summed E-state index contributed by atoms with van der Waals surface area (Å²) in [7, 11) is 0. The van der Waals surface area contributed by atoms with Crippen LogP contribution in [0.5, 0.6) is 0 Å². The summed E-state index contributed by atoms with van der Waals surface area (Å²) in [6, 6.07) is 0.0865. The van der Waals surface area contributed by atoms with Crippen molar-refractivity contribution in [2.24, 2.45) is 23.7 Å². The van der Waals surface area contributed by atoms with Crippen LogP contribution in [0, 0.1) is 23.7 Å². The van der Waals surface area contributed by atoms with Crippen molar-refractivity contribution in [3.05, 3.63) is 12.2 Å². The number of carbonyl (C=O) groups is 2. The highest BCUT2D eigenvalue weighted by atomic mass is 16.4. The lowest BCUT2D eigenvalue weighted by Crippen LogP contribution is -2.45. The lowest BCUT2D eigenvalue weighted by Gasteiger charge is -2.30. The van der Waals surface area contributed by atoms with E-state index < -0.39 is 17.8 Å². The molecule has 0 aromatic carbocycles. The zero-order valence-corrected chi connectivity index (χ0v) is 11.4. The van der Waals surface area contributed by atoms with Gasteiger partial charge < -0.3 is 15.5 Å². The first-order chi connectivity index (χ1) is 9.56. The first-order valence-electron chi connectivity index (χ1n) is 7.46.